The van der Waals surface area contributed by atoms with Crippen molar-refractivity contribution >= 4 is 5.71 Å². The molecule has 1 atom stereocenters. The van der Waals surface area contributed by atoms with Gasteiger partial charge in [0.1, 0.15) is 6.17 Å². The van der Waals surface area contributed by atoms with E-state index >= 15 is 0 Å². The molecule has 158 valence electrons. The number of aromatic nitrogens is 4. The van der Waals surface area contributed by atoms with Gasteiger partial charge in [-0.2, -0.15) is 5.21 Å². The van der Waals surface area contributed by atoms with Gasteiger partial charge in [-0.05, 0) is 54.0 Å². The van der Waals surface area contributed by atoms with Gasteiger partial charge in [-0.3, -0.25) is 4.99 Å². The quantitative estimate of drug-likeness (QED) is 0.590. The Bertz CT molecular complexity index is 1080. The second kappa shape index (κ2) is 8.84. The molecule has 1 aliphatic carbocycles. The highest BCUT2D eigenvalue weighted by molar-refractivity contribution is 6.01. The molecule has 1 unspecified atom stereocenters. The van der Waals surface area contributed by atoms with E-state index in [1.807, 2.05) is 18.2 Å². The average molecular weight is 413 g/mol. The lowest BCUT2D eigenvalue weighted by molar-refractivity contribution is 0.265. The fourth-order valence-corrected chi connectivity index (χ4v) is 4.61. The Morgan fingerprint density at radius 1 is 1.03 bits per heavy atom. The highest BCUT2D eigenvalue weighted by atomic mass is 15.5. The van der Waals surface area contributed by atoms with Crippen LogP contribution in [0.1, 0.15) is 51.0 Å². The van der Waals surface area contributed by atoms with Crippen molar-refractivity contribution in [1.29, 1.82) is 0 Å². The molecule has 6 nitrogen and oxygen atoms in total. The summed E-state index contributed by atoms with van der Waals surface area (Å²) in [6, 6.07) is 17.1. The van der Waals surface area contributed by atoms with Crippen molar-refractivity contribution in [3.05, 3.63) is 65.9 Å². The van der Waals surface area contributed by atoms with Gasteiger partial charge >= 0.3 is 0 Å². The normalized spacial score (nSPS) is 18.4. The van der Waals surface area contributed by atoms with Gasteiger partial charge in [0.05, 0.1) is 11.4 Å². The summed E-state index contributed by atoms with van der Waals surface area (Å²) < 4.78 is 0. The van der Waals surface area contributed by atoms with Crippen molar-refractivity contribution in [2.24, 2.45) is 4.99 Å². The molecule has 2 heterocycles. The number of tetrazole rings is 1. The van der Waals surface area contributed by atoms with Gasteiger partial charge in [-0.1, -0.05) is 68.0 Å². The van der Waals surface area contributed by atoms with Crippen LogP contribution in [0.2, 0.25) is 0 Å². The maximum Gasteiger partial charge on any atom is 0.205 e. The van der Waals surface area contributed by atoms with Gasteiger partial charge < -0.3 is 4.90 Å². The van der Waals surface area contributed by atoms with E-state index in [1.165, 1.54) is 29.8 Å². The van der Waals surface area contributed by atoms with E-state index < -0.39 is 0 Å². The van der Waals surface area contributed by atoms with Crippen LogP contribution in [0.5, 0.6) is 0 Å². The van der Waals surface area contributed by atoms with E-state index in [1.54, 1.807) is 0 Å². The van der Waals surface area contributed by atoms with Crippen molar-refractivity contribution in [3.63, 3.8) is 0 Å². The SMILES string of the molecule is CCCC1N=C2CCCCC=C2N1Cc1ccc(-c2ccccc2-c2nn[nH]n2)cc1. The molecule has 0 bridgehead atoms. The summed E-state index contributed by atoms with van der Waals surface area (Å²) in [4.78, 5) is 7.61. The number of nitrogens with one attached hydrogen (secondary N) is 1. The van der Waals surface area contributed by atoms with Crippen LogP contribution < -0.4 is 0 Å². The van der Waals surface area contributed by atoms with E-state index in [0.29, 0.717) is 5.82 Å². The number of aromatic amines is 1. The molecule has 0 amide bonds. The van der Waals surface area contributed by atoms with Gasteiger partial charge in [0, 0.05) is 12.1 Å². The molecule has 0 fully saturated rings. The molecule has 0 spiro atoms. The van der Waals surface area contributed by atoms with Crippen LogP contribution in [0.15, 0.2) is 65.3 Å². The monoisotopic (exact) mass is 412 g/mol. The largest absolute Gasteiger partial charge is 0.344 e. The maximum absolute atomic E-state index is 5.09. The zero-order valence-corrected chi connectivity index (χ0v) is 18.0. The summed E-state index contributed by atoms with van der Waals surface area (Å²) in [5, 5.41) is 14.6. The molecular weight excluding hydrogens is 384 g/mol. The highest BCUT2D eigenvalue weighted by Crippen LogP contribution is 2.33. The smallest absolute Gasteiger partial charge is 0.205 e. The number of allylic oxidation sites excluding steroid dienone is 2. The Morgan fingerprint density at radius 3 is 2.65 bits per heavy atom. The van der Waals surface area contributed by atoms with E-state index in [-0.39, 0.29) is 6.17 Å². The zero-order valence-electron chi connectivity index (χ0n) is 18.0. The molecule has 31 heavy (non-hydrogen) atoms. The standard InChI is InChI=1S/C25H28N6/c1-2-8-24-26-22-11-4-3-5-12-23(22)31(24)17-18-13-15-19(16-14-18)20-9-6-7-10-21(20)25-27-29-30-28-25/h6-7,9-10,12-16,24H,2-5,8,11,17H2,1H3,(H,27,28,29,30). The van der Waals surface area contributed by atoms with Gasteiger partial charge in [-0.15, -0.1) is 10.2 Å². The second-order valence-electron chi connectivity index (χ2n) is 8.29. The molecule has 0 saturated carbocycles. The minimum absolute atomic E-state index is 0.281. The van der Waals surface area contributed by atoms with E-state index in [0.717, 1.165) is 48.9 Å². The Kier molecular flexibility index (Phi) is 5.61. The van der Waals surface area contributed by atoms with Crippen LogP contribution in [-0.4, -0.2) is 37.4 Å². The van der Waals surface area contributed by atoms with Crippen molar-refractivity contribution in [2.45, 2.75) is 58.2 Å². The third kappa shape index (κ3) is 4.02. The molecule has 1 aromatic heterocycles. The predicted octanol–water partition coefficient (Wildman–Crippen LogP) is 5.37. The first-order valence-corrected chi connectivity index (χ1v) is 11.3. The summed E-state index contributed by atoms with van der Waals surface area (Å²) in [7, 11) is 0. The van der Waals surface area contributed by atoms with Crippen LogP contribution in [0.25, 0.3) is 22.5 Å². The number of rotatable bonds is 6. The van der Waals surface area contributed by atoms with Crippen molar-refractivity contribution in [3.8, 4) is 22.5 Å². The first-order valence-electron chi connectivity index (χ1n) is 11.3. The number of fused-ring (bicyclic) bond motifs is 1. The zero-order chi connectivity index (χ0) is 21.0. The van der Waals surface area contributed by atoms with Crippen LogP contribution in [-0.2, 0) is 6.54 Å². The lowest BCUT2D eigenvalue weighted by atomic mass is 9.98. The van der Waals surface area contributed by atoms with Crippen LogP contribution in [0.4, 0.5) is 0 Å². The highest BCUT2D eigenvalue weighted by Gasteiger charge is 2.30. The van der Waals surface area contributed by atoms with E-state index in [9.17, 15) is 0 Å². The fourth-order valence-electron chi connectivity index (χ4n) is 4.61. The lowest BCUT2D eigenvalue weighted by Crippen LogP contribution is -2.29. The number of hydrogen-bond donors (Lipinski definition) is 1. The Labute approximate surface area is 183 Å². The first kappa shape index (κ1) is 19.7. The van der Waals surface area contributed by atoms with Crippen LogP contribution in [0.3, 0.4) is 0 Å². The van der Waals surface area contributed by atoms with Crippen molar-refractivity contribution in [2.75, 3.05) is 0 Å². The molecule has 3 aromatic rings. The van der Waals surface area contributed by atoms with Gasteiger partial charge in [0.2, 0.25) is 5.82 Å². The summed E-state index contributed by atoms with van der Waals surface area (Å²) in [6.07, 6.45) is 9.75. The molecule has 1 aliphatic heterocycles. The average Bonchev–Trinajstić information content (AvgIpc) is 3.38. The van der Waals surface area contributed by atoms with Crippen LogP contribution >= 0.6 is 0 Å². The molecule has 2 aromatic carbocycles. The Balaban J connectivity index is 1.39. The number of aliphatic imine (C=N–C) groups is 1. The second-order valence-corrected chi connectivity index (χ2v) is 8.29. The minimum Gasteiger partial charge on any atom is -0.344 e. The van der Waals surface area contributed by atoms with Crippen molar-refractivity contribution in [1.82, 2.24) is 25.5 Å². The summed E-state index contributed by atoms with van der Waals surface area (Å²) in [6.45, 7) is 3.15. The van der Waals surface area contributed by atoms with E-state index in [4.69, 9.17) is 4.99 Å². The minimum atomic E-state index is 0.281. The Hall–Kier alpha value is -3.28. The molecule has 5 rings (SSSR count). The number of H-pyrrole nitrogens is 1. The summed E-state index contributed by atoms with van der Waals surface area (Å²) >= 11 is 0. The predicted molar refractivity (Wildman–Crippen MR) is 123 cm³/mol. The Morgan fingerprint density at radius 2 is 1.87 bits per heavy atom. The van der Waals surface area contributed by atoms with Crippen molar-refractivity contribution < 1.29 is 0 Å². The number of benzene rings is 2. The molecular formula is C25H28N6. The first-order chi connectivity index (χ1) is 15.3. The fraction of sp³-hybridized carbons (Fsp3) is 0.360. The van der Waals surface area contributed by atoms with Gasteiger partial charge in [-0.25, -0.2) is 0 Å². The third-order valence-electron chi connectivity index (χ3n) is 6.15. The molecule has 0 saturated heterocycles. The summed E-state index contributed by atoms with van der Waals surface area (Å²) in [5.41, 5.74) is 7.25. The summed E-state index contributed by atoms with van der Waals surface area (Å²) in [5.74, 6) is 0.615. The van der Waals surface area contributed by atoms with E-state index in [2.05, 4.69) is 68.9 Å². The van der Waals surface area contributed by atoms with Crippen LogP contribution in [0, 0.1) is 0 Å². The third-order valence-corrected chi connectivity index (χ3v) is 6.15. The number of hydrogen-bond acceptors (Lipinski definition) is 5. The lowest BCUT2D eigenvalue weighted by Gasteiger charge is -2.27. The topological polar surface area (TPSA) is 70.1 Å². The maximum atomic E-state index is 5.09. The van der Waals surface area contributed by atoms with Gasteiger partial charge in [0.25, 0.3) is 0 Å². The molecule has 2 aliphatic rings. The molecule has 1 N–H and O–H groups in total. The molecule has 0 radical (unpaired) electrons. The molecule has 6 heteroatoms. The van der Waals surface area contributed by atoms with Gasteiger partial charge in [0.15, 0.2) is 0 Å². The number of nitrogens with zero attached hydrogens (tertiary/aromatic N) is 5.